The van der Waals surface area contributed by atoms with E-state index in [9.17, 15) is 0 Å². The molecular weight excluding hydrogens is 192 g/mol. The van der Waals surface area contributed by atoms with Crippen LogP contribution in [0.15, 0.2) is 29.3 Å². The lowest BCUT2D eigenvalue weighted by Gasteiger charge is -2.01. The molecule has 0 spiro atoms. The van der Waals surface area contributed by atoms with Gasteiger partial charge in [-0.1, -0.05) is 5.92 Å². The van der Waals surface area contributed by atoms with Crippen molar-refractivity contribution in [2.45, 2.75) is 6.92 Å². The Labute approximate surface area is 88.6 Å². The summed E-state index contributed by atoms with van der Waals surface area (Å²) in [7, 11) is 0. The number of nitrogens with zero attached hydrogens (tertiary/aromatic N) is 1. The third-order valence-corrected chi connectivity index (χ3v) is 1.60. The molecule has 0 saturated carbocycles. The van der Waals surface area contributed by atoms with E-state index in [1.807, 2.05) is 5.48 Å². The van der Waals surface area contributed by atoms with Crippen molar-refractivity contribution in [3.63, 3.8) is 0 Å². The van der Waals surface area contributed by atoms with Gasteiger partial charge in [0.2, 0.25) is 0 Å². The lowest BCUT2D eigenvalue weighted by atomic mass is 10.3. The molecule has 0 unspecified atom stereocenters. The normalized spacial score (nSPS) is 9.47. The molecule has 0 radical (unpaired) electrons. The molecule has 78 valence electrons. The number of aliphatic imine (C=N–C) groups is 1. The van der Waals surface area contributed by atoms with Crippen LogP contribution in [0.2, 0.25) is 0 Å². The highest BCUT2D eigenvalue weighted by Crippen LogP contribution is 2.17. The van der Waals surface area contributed by atoms with E-state index in [0.29, 0.717) is 6.61 Å². The summed E-state index contributed by atoms with van der Waals surface area (Å²) in [6.45, 7) is 2.15. The monoisotopic (exact) mass is 204 g/mol. The zero-order chi connectivity index (χ0) is 10.9. The van der Waals surface area contributed by atoms with Gasteiger partial charge in [0.05, 0.1) is 5.69 Å². The average molecular weight is 204 g/mol. The van der Waals surface area contributed by atoms with E-state index < -0.39 is 0 Å². The smallest absolute Gasteiger partial charge is 0.149 e. The first-order valence-electron chi connectivity index (χ1n) is 4.41. The molecule has 0 fully saturated rings. The number of hydroxylamine groups is 1. The SMILES string of the molecule is CC#CCOc1ccc(N=CNO)cc1. The molecule has 2 N–H and O–H groups in total. The van der Waals surface area contributed by atoms with Crippen LogP contribution in [0.1, 0.15) is 6.92 Å². The number of ether oxygens (including phenoxy) is 1. The van der Waals surface area contributed by atoms with Gasteiger partial charge in [0.1, 0.15) is 18.7 Å². The second-order valence-electron chi connectivity index (χ2n) is 2.60. The summed E-state index contributed by atoms with van der Waals surface area (Å²) < 4.78 is 5.32. The highest BCUT2D eigenvalue weighted by molar-refractivity contribution is 5.59. The maximum absolute atomic E-state index is 8.29. The maximum atomic E-state index is 8.29. The number of hydrogen-bond acceptors (Lipinski definition) is 3. The first-order valence-corrected chi connectivity index (χ1v) is 4.41. The van der Waals surface area contributed by atoms with Crippen molar-refractivity contribution < 1.29 is 9.94 Å². The van der Waals surface area contributed by atoms with Crippen LogP contribution in [-0.2, 0) is 0 Å². The maximum Gasteiger partial charge on any atom is 0.149 e. The van der Waals surface area contributed by atoms with E-state index in [1.165, 1.54) is 6.34 Å². The van der Waals surface area contributed by atoms with Crippen molar-refractivity contribution >= 4 is 12.0 Å². The molecule has 0 aliphatic heterocycles. The Hall–Kier alpha value is -1.99. The fourth-order valence-electron chi connectivity index (χ4n) is 0.923. The van der Waals surface area contributed by atoms with E-state index in [2.05, 4.69) is 16.8 Å². The van der Waals surface area contributed by atoms with Crippen LogP contribution in [0.3, 0.4) is 0 Å². The Kier molecular flexibility index (Phi) is 4.78. The summed E-state index contributed by atoms with van der Waals surface area (Å²) in [4.78, 5) is 3.89. The number of nitrogens with one attached hydrogen (secondary N) is 1. The summed E-state index contributed by atoms with van der Waals surface area (Å²) in [5, 5.41) is 8.29. The van der Waals surface area contributed by atoms with E-state index in [1.54, 1.807) is 31.2 Å². The van der Waals surface area contributed by atoms with Crippen LogP contribution < -0.4 is 10.2 Å². The third kappa shape index (κ3) is 4.16. The molecule has 1 aromatic rings. The zero-order valence-electron chi connectivity index (χ0n) is 8.40. The molecule has 1 aromatic carbocycles. The first kappa shape index (κ1) is 11.1. The van der Waals surface area contributed by atoms with Crippen LogP contribution in [0.25, 0.3) is 0 Å². The quantitative estimate of drug-likeness (QED) is 0.340. The highest BCUT2D eigenvalue weighted by Gasteiger charge is 1.91. The van der Waals surface area contributed by atoms with Gasteiger partial charge in [0.15, 0.2) is 0 Å². The summed E-state index contributed by atoms with van der Waals surface area (Å²) in [5.74, 6) is 6.29. The Morgan fingerprint density at radius 3 is 2.80 bits per heavy atom. The van der Waals surface area contributed by atoms with Crippen molar-refractivity contribution in [1.29, 1.82) is 0 Å². The molecule has 0 bridgehead atoms. The minimum atomic E-state index is 0.386. The molecule has 1 rings (SSSR count). The zero-order valence-corrected chi connectivity index (χ0v) is 8.40. The predicted molar refractivity (Wildman–Crippen MR) is 58.5 cm³/mol. The van der Waals surface area contributed by atoms with Gasteiger partial charge in [-0.25, -0.2) is 4.99 Å². The molecule has 15 heavy (non-hydrogen) atoms. The highest BCUT2D eigenvalue weighted by atomic mass is 16.5. The minimum absolute atomic E-state index is 0.386. The molecule has 0 aliphatic carbocycles. The fraction of sp³-hybridized carbons (Fsp3) is 0.182. The van der Waals surface area contributed by atoms with Crippen molar-refractivity contribution in [2.24, 2.45) is 4.99 Å². The topological polar surface area (TPSA) is 53.8 Å². The molecule has 0 amide bonds. The van der Waals surface area contributed by atoms with Gasteiger partial charge >= 0.3 is 0 Å². The predicted octanol–water partition coefficient (Wildman–Crippen LogP) is 1.73. The van der Waals surface area contributed by atoms with E-state index in [-0.39, 0.29) is 0 Å². The van der Waals surface area contributed by atoms with E-state index in [4.69, 9.17) is 9.94 Å². The summed E-state index contributed by atoms with van der Waals surface area (Å²) >= 11 is 0. The number of benzene rings is 1. The van der Waals surface area contributed by atoms with Crippen LogP contribution in [-0.4, -0.2) is 18.2 Å². The summed E-state index contributed by atoms with van der Waals surface area (Å²) in [6, 6.07) is 7.15. The van der Waals surface area contributed by atoms with Crippen LogP contribution in [0.5, 0.6) is 5.75 Å². The Morgan fingerprint density at radius 1 is 1.47 bits per heavy atom. The van der Waals surface area contributed by atoms with Crippen LogP contribution in [0, 0.1) is 11.8 Å². The van der Waals surface area contributed by atoms with Crippen molar-refractivity contribution in [2.75, 3.05) is 6.61 Å². The van der Waals surface area contributed by atoms with Gasteiger partial charge < -0.3 is 4.74 Å². The Bertz CT molecular complexity index is 374. The van der Waals surface area contributed by atoms with Gasteiger partial charge in [0, 0.05) is 0 Å². The van der Waals surface area contributed by atoms with Crippen LogP contribution >= 0.6 is 0 Å². The minimum Gasteiger partial charge on any atom is -0.481 e. The second kappa shape index (κ2) is 6.46. The summed E-state index contributed by atoms with van der Waals surface area (Å²) in [6.07, 6.45) is 1.19. The fourth-order valence-corrected chi connectivity index (χ4v) is 0.923. The molecular formula is C11H12N2O2. The molecule has 4 heteroatoms. The van der Waals surface area contributed by atoms with E-state index >= 15 is 0 Å². The van der Waals surface area contributed by atoms with Gasteiger partial charge in [-0.2, -0.15) is 0 Å². The third-order valence-electron chi connectivity index (χ3n) is 1.60. The largest absolute Gasteiger partial charge is 0.481 e. The van der Waals surface area contributed by atoms with E-state index in [0.717, 1.165) is 11.4 Å². The van der Waals surface area contributed by atoms with Crippen molar-refractivity contribution in [3.05, 3.63) is 24.3 Å². The summed E-state index contributed by atoms with van der Waals surface area (Å²) in [5.41, 5.74) is 2.56. The Balaban J connectivity index is 2.54. The van der Waals surface area contributed by atoms with Gasteiger partial charge in [-0.3, -0.25) is 10.7 Å². The number of hydrogen-bond donors (Lipinski definition) is 2. The standard InChI is InChI=1S/C11H12N2O2/c1-2-3-8-15-11-6-4-10(5-7-11)12-9-13-14/h4-7,9,14H,8H2,1H3,(H,12,13). The molecule has 4 nitrogen and oxygen atoms in total. The number of rotatable bonds is 4. The molecule has 0 aliphatic rings. The first-order chi connectivity index (χ1) is 7.36. The van der Waals surface area contributed by atoms with Crippen LogP contribution in [0.4, 0.5) is 5.69 Å². The lowest BCUT2D eigenvalue weighted by molar-refractivity contribution is 0.240. The van der Waals surface area contributed by atoms with Crippen molar-refractivity contribution in [3.8, 4) is 17.6 Å². The second-order valence-corrected chi connectivity index (χ2v) is 2.60. The van der Waals surface area contributed by atoms with Gasteiger partial charge in [-0.05, 0) is 31.2 Å². The average Bonchev–Trinajstić information content (AvgIpc) is 2.28. The van der Waals surface area contributed by atoms with Gasteiger partial charge in [-0.15, -0.1) is 5.92 Å². The molecule has 0 aromatic heterocycles. The van der Waals surface area contributed by atoms with Crippen molar-refractivity contribution in [1.82, 2.24) is 5.48 Å². The molecule has 0 heterocycles. The Morgan fingerprint density at radius 2 is 2.20 bits per heavy atom. The molecule has 0 saturated heterocycles. The van der Waals surface area contributed by atoms with Gasteiger partial charge in [0.25, 0.3) is 0 Å². The lowest BCUT2D eigenvalue weighted by Crippen LogP contribution is -2.00. The molecule has 0 atom stereocenters.